The predicted octanol–water partition coefficient (Wildman–Crippen LogP) is 6.62. The van der Waals surface area contributed by atoms with Crippen molar-refractivity contribution >= 4 is 7.85 Å². The first kappa shape index (κ1) is 19.6. The van der Waals surface area contributed by atoms with Gasteiger partial charge in [0.05, 0.1) is 5.69 Å². The maximum absolute atomic E-state index is 4.76. The second-order valence-corrected chi connectivity index (χ2v) is 9.94. The normalized spacial score (nSPS) is 26.5. The molecule has 1 aromatic heterocycles. The van der Waals surface area contributed by atoms with E-state index in [1.54, 1.807) is 0 Å². The molecule has 1 heterocycles. The summed E-state index contributed by atoms with van der Waals surface area (Å²) in [7, 11) is 2.54. The lowest BCUT2D eigenvalue weighted by atomic mass is 9.53. The lowest BCUT2D eigenvalue weighted by Crippen LogP contribution is -2.35. The largest absolute Gasteiger partial charge is 0.256 e. The SMILES string of the molecule is BC1(c2cccc(-c3ccc(-c4ccccc4)nc3)c2)CC2CCCC(CCC2)C1. The number of aromatic nitrogens is 1. The minimum absolute atomic E-state index is 0.309. The average Bonchev–Trinajstić information content (AvgIpc) is 2.76. The summed E-state index contributed by atoms with van der Waals surface area (Å²) in [5, 5.41) is 0.309. The van der Waals surface area contributed by atoms with Crippen LogP contribution in [0.1, 0.15) is 56.9 Å². The van der Waals surface area contributed by atoms with E-state index in [1.165, 1.54) is 73.6 Å². The van der Waals surface area contributed by atoms with Gasteiger partial charge in [0.1, 0.15) is 7.85 Å². The van der Waals surface area contributed by atoms with Gasteiger partial charge in [-0.1, -0.05) is 99.2 Å². The summed E-state index contributed by atoms with van der Waals surface area (Å²) in [6, 6.07) is 24.1. The monoisotopic (exact) mass is 393 g/mol. The van der Waals surface area contributed by atoms with E-state index in [-0.39, 0.29) is 0 Å². The molecule has 0 aliphatic heterocycles. The Morgan fingerprint density at radius 1 is 0.700 bits per heavy atom. The molecule has 152 valence electrons. The Morgan fingerprint density at radius 2 is 1.37 bits per heavy atom. The van der Waals surface area contributed by atoms with Gasteiger partial charge in [-0.25, -0.2) is 0 Å². The van der Waals surface area contributed by atoms with Crippen LogP contribution in [0.25, 0.3) is 22.4 Å². The molecule has 0 radical (unpaired) electrons. The molecule has 0 N–H and O–H groups in total. The Balaban J connectivity index is 1.44. The maximum atomic E-state index is 4.76. The van der Waals surface area contributed by atoms with Gasteiger partial charge in [-0.3, -0.25) is 4.98 Å². The van der Waals surface area contributed by atoms with Crippen LogP contribution < -0.4 is 0 Å². The van der Waals surface area contributed by atoms with Gasteiger partial charge in [0.2, 0.25) is 0 Å². The average molecular weight is 393 g/mol. The van der Waals surface area contributed by atoms with E-state index >= 15 is 0 Å². The van der Waals surface area contributed by atoms with Crippen LogP contribution in [0.5, 0.6) is 0 Å². The Hall–Kier alpha value is -2.35. The lowest BCUT2D eigenvalue weighted by Gasteiger charge is -2.42. The number of fused-ring (bicyclic) bond motifs is 6. The van der Waals surface area contributed by atoms with Crippen molar-refractivity contribution < 1.29 is 0 Å². The molecular formula is C28H32BN. The number of nitrogens with zero attached hydrogens (tertiary/aromatic N) is 1. The summed E-state index contributed by atoms with van der Waals surface area (Å²) in [4.78, 5) is 4.76. The van der Waals surface area contributed by atoms with Gasteiger partial charge in [-0.2, -0.15) is 0 Å². The lowest BCUT2D eigenvalue weighted by molar-refractivity contribution is 0.207. The van der Waals surface area contributed by atoms with Crippen LogP contribution in [-0.4, -0.2) is 12.8 Å². The second kappa shape index (κ2) is 8.42. The van der Waals surface area contributed by atoms with Crippen molar-refractivity contribution in [2.45, 2.75) is 56.7 Å². The number of hydrogen-bond donors (Lipinski definition) is 0. The van der Waals surface area contributed by atoms with Crippen molar-refractivity contribution in [1.29, 1.82) is 0 Å². The van der Waals surface area contributed by atoms with Crippen molar-refractivity contribution in [1.82, 2.24) is 4.98 Å². The van der Waals surface area contributed by atoms with Crippen LogP contribution in [0.15, 0.2) is 72.9 Å². The molecule has 0 unspecified atom stereocenters. The van der Waals surface area contributed by atoms with Crippen molar-refractivity contribution in [2.24, 2.45) is 11.8 Å². The summed E-state index contributed by atoms with van der Waals surface area (Å²) >= 11 is 0. The smallest absolute Gasteiger partial charge is 0.115 e. The van der Waals surface area contributed by atoms with E-state index in [1.807, 2.05) is 12.3 Å². The minimum atomic E-state index is 0.309. The van der Waals surface area contributed by atoms with Crippen LogP contribution in [0.3, 0.4) is 0 Å². The molecule has 2 heteroatoms. The third kappa shape index (κ3) is 4.10. The van der Waals surface area contributed by atoms with Crippen molar-refractivity contribution in [3.63, 3.8) is 0 Å². The molecule has 3 fully saturated rings. The zero-order valence-corrected chi connectivity index (χ0v) is 18.2. The van der Waals surface area contributed by atoms with Crippen LogP contribution in [0.2, 0.25) is 0 Å². The highest BCUT2D eigenvalue weighted by Crippen LogP contribution is 2.45. The summed E-state index contributed by atoms with van der Waals surface area (Å²) in [5.74, 6) is 1.82. The standard InChI is InChI=1S/C28H32BN/c29-28(18-21-7-4-8-22(19-28)10-5-9-21)26-14-6-13-24(17-26)25-15-16-27(30-20-25)23-11-2-1-3-12-23/h1-3,6,11-17,20-22H,4-5,7-10,18-19,29H2. The molecule has 2 bridgehead atoms. The number of hydrogen-bond acceptors (Lipinski definition) is 1. The summed E-state index contributed by atoms with van der Waals surface area (Å²) in [6.45, 7) is 0. The van der Waals surface area contributed by atoms with Gasteiger partial charge in [0, 0.05) is 17.3 Å². The highest BCUT2D eigenvalue weighted by Gasteiger charge is 2.36. The van der Waals surface area contributed by atoms with Gasteiger partial charge in [-0.05, 0) is 47.2 Å². The summed E-state index contributed by atoms with van der Waals surface area (Å²) in [6.07, 6.45) is 13.4. The van der Waals surface area contributed by atoms with Crippen LogP contribution >= 0.6 is 0 Å². The summed E-state index contributed by atoms with van der Waals surface area (Å²) in [5.41, 5.74) is 6.26. The van der Waals surface area contributed by atoms with E-state index < -0.39 is 0 Å². The number of rotatable bonds is 3. The molecule has 0 spiro atoms. The van der Waals surface area contributed by atoms with Crippen molar-refractivity contribution in [3.8, 4) is 22.4 Å². The van der Waals surface area contributed by atoms with E-state index in [0.717, 1.165) is 17.5 Å². The first-order valence-corrected chi connectivity index (χ1v) is 11.8. The minimum Gasteiger partial charge on any atom is -0.256 e. The van der Waals surface area contributed by atoms with E-state index in [2.05, 4.69) is 68.5 Å². The van der Waals surface area contributed by atoms with Crippen LogP contribution in [-0.2, 0) is 5.31 Å². The molecule has 2 aromatic carbocycles. The zero-order valence-electron chi connectivity index (χ0n) is 18.2. The first-order chi connectivity index (χ1) is 14.7. The Bertz CT molecular complexity index is 955. The second-order valence-electron chi connectivity index (χ2n) is 9.94. The fourth-order valence-corrected chi connectivity index (χ4v) is 6.10. The quantitative estimate of drug-likeness (QED) is 0.456. The van der Waals surface area contributed by atoms with E-state index in [4.69, 9.17) is 4.98 Å². The molecule has 1 nitrogen and oxygen atoms in total. The van der Waals surface area contributed by atoms with Crippen molar-refractivity contribution in [2.75, 3.05) is 0 Å². The number of pyridine rings is 1. The summed E-state index contributed by atoms with van der Waals surface area (Å²) < 4.78 is 0. The zero-order chi connectivity index (χ0) is 20.4. The third-order valence-corrected chi connectivity index (χ3v) is 7.65. The van der Waals surface area contributed by atoms with Gasteiger partial charge >= 0.3 is 0 Å². The van der Waals surface area contributed by atoms with Gasteiger partial charge in [0.25, 0.3) is 0 Å². The van der Waals surface area contributed by atoms with E-state index in [0.29, 0.717) is 5.31 Å². The fourth-order valence-electron chi connectivity index (χ4n) is 6.10. The Kier molecular flexibility index (Phi) is 5.50. The van der Waals surface area contributed by atoms with Crippen molar-refractivity contribution in [3.05, 3.63) is 78.5 Å². The van der Waals surface area contributed by atoms with Gasteiger partial charge < -0.3 is 0 Å². The molecule has 0 saturated heterocycles. The topological polar surface area (TPSA) is 12.9 Å². The highest BCUT2D eigenvalue weighted by molar-refractivity contribution is 6.16. The molecule has 3 aliphatic rings. The van der Waals surface area contributed by atoms with Crippen LogP contribution in [0, 0.1) is 11.8 Å². The molecule has 3 aromatic rings. The van der Waals surface area contributed by atoms with Gasteiger partial charge in [-0.15, -0.1) is 0 Å². The van der Waals surface area contributed by atoms with E-state index in [9.17, 15) is 0 Å². The molecule has 30 heavy (non-hydrogen) atoms. The molecular weight excluding hydrogens is 361 g/mol. The maximum Gasteiger partial charge on any atom is 0.115 e. The molecule has 6 rings (SSSR count). The predicted molar refractivity (Wildman–Crippen MR) is 129 cm³/mol. The third-order valence-electron chi connectivity index (χ3n) is 7.65. The Morgan fingerprint density at radius 3 is 2.00 bits per heavy atom. The Labute approximate surface area is 182 Å². The number of benzene rings is 2. The van der Waals surface area contributed by atoms with Gasteiger partial charge in [0.15, 0.2) is 0 Å². The first-order valence-electron chi connectivity index (χ1n) is 11.8. The highest BCUT2D eigenvalue weighted by atomic mass is 14.7. The molecule has 0 atom stereocenters. The molecule has 0 amide bonds. The van der Waals surface area contributed by atoms with Crippen LogP contribution in [0.4, 0.5) is 0 Å². The fraction of sp³-hybridized carbons (Fsp3) is 0.393. The molecule has 3 aliphatic carbocycles. The molecule has 3 saturated carbocycles.